The lowest BCUT2D eigenvalue weighted by Crippen LogP contribution is -2.39. The molecule has 1 aromatic heterocycles. The van der Waals surface area contributed by atoms with Crippen LogP contribution in [0.2, 0.25) is 0 Å². The highest BCUT2D eigenvalue weighted by atomic mass is 16.5. The second-order valence-corrected chi connectivity index (χ2v) is 5.84. The molecule has 1 aromatic carbocycles. The molecule has 2 amide bonds. The Morgan fingerprint density at radius 2 is 2.00 bits per heavy atom. The number of amides is 2. The molecule has 2 aromatic rings. The van der Waals surface area contributed by atoms with Gasteiger partial charge in [0.05, 0.1) is 25.4 Å². The summed E-state index contributed by atoms with van der Waals surface area (Å²) in [5.74, 6) is 1.55. The smallest absolute Gasteiger partial charge is 0.317 e. The Labute approximate surface area is 142 Å². The van der Waals surface area contributed by atoms with Gasteiger partial charge in [-0.05, 0) is 38.0 Å². The number of aromatic nitrogens is 1. The molecule has 1 unspecified atom stereocenters. The number of aryl methyl sites for hydroxylation is 2. The summed E-state index contributed by atoms with van der Waals surface area (Å²) < 4.78 is 10.3. The van der Waals surface area contributed by atoms with Gasteiger partial charge in [-0.3, -0.25) is 0 Å². The van der Waals surface area contributed by atoms with Gasteiger partial charge in [0.2, 0.25) is 0 Å². The van der Waals surface area contributed by atoms with Crippen molar-refractivity contribution in [3.8, 4) is 5.75 Å². The Kier molecular flexibility index (Phi) is 5.84. The van der Waals surface area contributed by atoms with Crippen molar-refractivity contribution in [3.05, 3.63) is 46.8 Å². The van der Waals surface area contributed by atoms with Gasteiger partial charge < -0.3 is 19.5 Å². The molecule has 0 aliphatic heterocycles. The topological polar surface area (TPSA) is 67.6 Å². The van der Waals surface area contributed by atoms with Crippen molar-refractivity contribution in [2.24, 2.45) is 0 Å². The lowest BCUT2D eigenvalue weighted by molar-refractivity contribution is 0.202. The van der Waals surface area contributed by atoms with Crippen LogP contribution in [0.1, 0.15) is 42.0 Å². The number of urea groups is 1. The highest BCUT2D eigenvalue weighted by Gasteiger charge is 2.18. The molecular weight excluding hydrogens is 306 g/mol. The molecule has 0 aliphatic carbocycles. The van der Waals surface area contributed by atoms with Crippen LogP contribution in [-0.2, 0) is 6.54 Å². The minimum Gasteiger partial charge on any atom is -0.497 e. The standard InChI is InChI=1S/C18H25N3O3/c1-6-17(14-7-9-15(23-5)10-8-14)19-18(22)21(4)11-16-12(2)20-24-13(16)3/h7-10,17H,6,11H2,1-5H3,(H,19,22). The molecule has 1 heterocycles. The van der Waals surface area contributed by atoms with Gasteiger partial charge in [0.25, 0.3) is 0 Å². The van der Waals surface area contributed by atoms with Gasteiger partial charge in [-0.15, -0.1) is 0 Å². The van der Waals surface area contributed by atoms with Crippen LogP contribution in [0.3, 0.4) is 0 Å². The van der Waals surface area contributed by atoms with E-state index in [1.807, 2.05) is 45.0 Å². The molecule has 130 valence electrons. The van der Waals surface area contributed by atoms with E-state index in [0.29, 0.717) is 6.54 Å². The monoisotopic (exact) mass is 331 g/mol. The first-order valence-corrected chi connectivity index (χ1v) is 8.03. The van der Waals surface area contributed by atoms with Crippen molar-refractivity contribution >= 4 is 6.03 Å². The van der Waals surface area contributed by atoms with E-state index in [1.54, 1.807) is 19.1 Å². The van der Waals surface area contributed by atoms with Crippen LogP contribution in [0.4, 0.5) is 4.79 Å². The Balaban J connectivity index is 2.02. The fourth-order valence-electron chi connectivity index (χ4n) is 2.55. The molecular formula is C18H25N3O3. The average molecular weight is 331 g/mol. The molecule has 0 aliphatic rings. The van der Waals surface area contributed by atoms with Crippen LogP contribution in [-0.4, -0.2) is 30.2 Å². The zero-order valence-corrected chi connectivity index (χ0v) is 14.9. The van der Waals surface area contributed by atoms with Gasteiger partial charge in [0.1, 0.15) is 11.5 Å². The van der Waals surface area contributed by atoms with E-state index >= 15 is 0 Å². The van der Waals surface area contributed by atoms with Crippen LogP contribution in [0.5, 0.6) is 5.75 Å². The van der Waals surface area contributed by atoms with E-state index in [2.05, 4.69) is 10.5 Å². The molecule has 2 rings (SSSR count). The quantitative estimate of drug-likeness (QED) is 0.878. The maximum atomic E-state index is 12.5. The molecule has 0 saturated carbocycles. The van der Waals surface area contributed by atoms with E-state index in [1.165, 1.54) is 0 Å². The maximum Gasteiger partial charge on any atom is 0.317 e. The third-order valence-electron chi connectivity index (χ3n) is 4.15. The molecule has 0 radical (unpaired) electrons. The Morgan fingerprint density at radius 3 is 2.50 bits per heavy atom. The fourth-order valence-corrected chi connectivity index (χ4v) is 2.55. The molecule has 0 saturated heterocycles. The summed E-state index contributed by atoms with van der Waals surface area (Å²) in [5.41, 5.74) is 2.82. The van der Waals surface area contributed by atoms with Crippen molar-refractivity contribution in [2.75, 3.05) is 14.2 Å². The molecule has 0 fully saturated rings. The van der Waals surface area contributed by atoms with Crippen LogP contribution < -0.4 is 10.1 Å². The van der Waals surface area contributed by atoms with Crippen LogP contribution in [0, 0.1) is 13.8 Å². The van der Waals surface area contributed by atoms with Gasteiger partial charge in [0, 0.05) is 12.6 Å². The number of nitrogens with one attached hydrogen (secondary N) is 1. The van der Waals surface area contributed by atoms with Crippen LogP contribution in [0.15, 0.2) is 28.8 Å². The molecule has 6 heteroatoms. The summed E-state index contributed by atoms with van der Waals surface area (Å²) in [6.45, 7) is 6.24. The number of hydrogen-bond donors (Lipinski definition) is 1. The lowest BCUT2D eigenvalue weighted by Gasteiger charge is -2.23. The summed E-state index contributed by atoms with van der Waals surface area (Å²) in [7, 11) is 3.40. The molecule has 0 spiro atoms. The highest BCUT2D eigenvalue weighted by molar-refractivity contribution is 5.74. The number of nitrogens with zero attached hydrogens (tertiary/aromatic N) is 2. The zero-order chi connectivity index (χ0) is 17.7. The normalized spacial score (nSPS) is 11.9. The molecule has 6 nitrogen and oxygen atoms in total. The third-order valence-corrected chi connectivity index (χ3v) is 4.15. The van der Waals surface area contributed by atoms with E-state index in [0.717, 1.165) is 34.8 Å². The second-order valence-electron chi connectivity index (χ2n) is 5.84. The minimum atomic E-state index is -0.127. The van der Waals surface area contributed by atoms with Crippen LogP contribution >= 0.6 is 0 Å². The summed E-state index contributed by atoms with van der Waals surface area (Å²) >= 11 is 0. The molecule has 1 atom stereocenters. The highest BCUT2D eigenvalue weighted by Crippen LogP contribution is 2.21. The van der Waals surface area contributed by atoms with Gasteiger partial charge in [-0.25, -0.2) is 4.79 Å². The van der Waals surface area contributed by atoms with Gasteiger partial charge in [-0.1, -0.05) is 24.2 Å². The first-order chi connectivity index (χ1) is 11.5. The van der Waals surface area contributed by atoms with Crippen molar-refractivity contribution in [1.29, 1.82) is 0 Å². The van der Waals surface area contributed by atoms with Crippen molar-refractivity contribution in [3.63, 3.8) is 0 Å². The summed E-state index contributed by atoms with van der Waals surface area (Å²) in [6.07, 6.45) is 0.803. The number of rotatable bonds is 6. The van der Waals surface area contributed by atoms with Crippen molar-refractivity contribution in [1.82, 2.24) is 15.4 Å². The average Bonchev–Trinajstić information content (AvgIpc) is 2.91. The van der Waals surface area contributed by atoms with Gasteiger partial charge in [0.15, 0.2) is 0 Å². The number of benzene rings is 1. The minimum absolute atomic E-state index is 0.0458. The molecule has 1 N–H and O–H groups in total. The summed E-state index contributed by atoms with van der Waals surface area (Å²) in [5, 5.41) is 6.99. The third kappa shape index (κ3) is 4.07. The fraction of sp³-hybridized carbons (Fsp3) is 0.444. The Bertz CT molecular complexity index is 660. The summed E-state index contributed by atoms with van der Waals surface area (Å²) in [4.78, 5) is 14.1. The Morgan fingerprint density at radius 1 is 1.33 bits per heavy atom. The lowest BCUT2D eigenvalue weighted by atomic mass is 10.0. The van der Waals surface area contributed by atoms with E-state index < -0.39 is 0 Å². The first-order valence-electron chi connectivity index (χ1n) is 8.03. The zero-order valence-electron chi connectivity index (χ0n) is 14.9. The first kappa shape index (κ1) is 17.8. The number of methoxy groups -OCH3 is 1. The SMILES string of the molecule is CCC(NC(=O)N(C)Cc1c(C)noc1C)c1ccc(OC)cc1. The van der Waals surface area contributed by atoms with Gasteiger partial charge in [-0.2, -0.15) is 0 Å². The maximum absolute atomic E-state index is 12.5. The molecule has 0 bridgehead atoms. The predicted molar refractivity (Wildman–Crippen MR) is 92.0 cm³/mol. The summed E-state index contributed by atoms with van der Waals surface area (Å²) in [6, 6.07) is 7.58. The number of carbonyl (C=O) groups excluding carboxylic acids is 1. The Hall–Kier alpha value is -2.50. The van der Waals surface area contributed by atoms with Crippen molar-refractivity contribution in [2.45, 2.75) is 39.8 Å². The van der Waals surface area contributed by atoms with E-state index in [4.69, 9.17) is 9.26 Å². The number of hydrogen-bond acceptors (Lipinski definition) is 4. The largest absolute Gasteiger partial charge is 0.497 e. The second kappa shape index (κ2) is 7.86. The van der Waals surface area contributed by atoms with E-state index in [9.17, 15) is 4.79 Å². The molecule has 24 heavy (non-hydrogen) atoms. The van der Waals surface area contributed by atoms with E-state index in [-0.39, 0.29) is 12.1 Å². The number of ether oxygens (including phenoxy) is 1. The predicted octanol–water partition coefficient (Wildman–Crippen LogP) is 3.59. The number of carbonyl (C=O) groups is 1. The van der Waals surface area contributed by atoms with Crippen LogP contribution in [0.25, 0.3) is 0 Å². The van der Waals surface area contributed by atoms with Gasteiger partial charge >= 0.3 is 6.03 Å². The van der Waals surface area contributed by atoms with Crippen molar-refractivity contribution < 1.29 is 14.1 Å².